The highest BCUT2D eigenvalue weighted by molar-refractivity contribution is 7.80. The van der Waals surface area contributed by atoms with Crippen molar-refractivity contribution in [2.45, 2.75) is 18.9 Å². The number of aromatic nitrogens is 1. The Bertz CT molecular complexity index is 572. The van der Waals surface area contributed by atoms with Gasteiger partial charge in [0, 0.05) is 43.9 Å². The van der Waals surface area contributed by atoms with Crippen LogP contribution in [0.1, 0.15) is 18.0 Å². The molecule has 0 unspecified atom stereocenters. The van der Waals surface area contributed by atoms with E-state index in [-0.39, 0.29) is 12.2 Å². The quantitative estimate of drug-likeness (QED) is 0.759. The second-order valence-electron chi connectivity index (χ2n) is 5.56. The smallest absolute Gasteiger partial charge is 0.250 e. The molecule has 0 aliphatic carbocycles. The van der Waals surface area contributed by atoms with Crippen LogP contribution in [0.15, 0.2) is 23.0 Å². The molecule has 2 N–H and O–H groups in total. The number of likely N-dealkylation sites (tertiary alicyclic amines) is 1. The summed E-state index contributed by atoms with van der Waals surface area (Å²) in [6.07, 6.45) is 1.13. The zero-order valence-corrected chi connectivity index (χ0v) is 12.1. The molecule has 5 nitrogen and oxygen atoms in total. The molecule has 0 amide bonds. The summed E-state index contributed by atoms with van der Waals surface area (Å²) in [5, 5.41) is 12.6. The van der Waals surface area contributed by atoms with Gasteiger partial charge in [-0.15, -0.1) is 0 Å². The summed E-state index contributed by atoms with van der Waals surface area (Å²) in [7, 11) is 0. The topological polar surface area (TPSA) is 57.5 Å². The number of aliphatic hydroxyl groups excluding tert-OH is 1. The maximum Gasteiger partial charge on any atom is 0.250 e. The molecule has 0 radical (unpaired) electrons. The average Bonchev–Trinajstić information content (AvgIpc) is 2.46. The molecule has 3 heterocycles. The molecule has 2 aliphatic rings. The Morgan fingerprint density at radius 1 is 1.40 bits per heavy atom. The lowest BCUT2D eigenvalue weighted by Gasteiger charge is -2.43. The number of hydrogen-bond donors (Lipinski definition) is 2. The average molecular weight is 293 g/mol. The van der Waals surface area contributed by atoms with E-state index in [1.807, 2.05) is 10.6 Å². The van der Waals surface area contributed by atoms with Gasteiger partial charge in [0.2, 0.25) is 0 Å². The summed E-state index contributed by atoms with van der Waals surface area (Å²) in [6, 6.07) is 5.53. The second kappa shape index (κ2) is 5.54. The van der Waals surface area contributed by atoms with Crippen LogP contribution in [0.3, 0.4) is 0 Å². The first-order chi connectivity index (χ1) is 9.69. The molecule has 3 rings (SSSR count). The molecule has 6 heteroatoms. The molecular formula is C14H19N3O2S. The van der Waals surface area contributed by atoms with Crippen LogP contribution in [0.4, 0.5) is 0 Å². The zero-order chi connectivity index (χ0) is 14.1. The summed E-state index contributed by atoms with van der Waals surface area (Å²) in [5.74, 6) is 0.834. The highest BCUT2D eigenvalue weighted by Crippen LogP contribution is 2.34. The van der Waals surface area contributed by atoms with Crippen molar-refractivity contribution >= 4 is 17.3 Å². The fourth-order valence-electron chi connectivity index (χ4n) is 3.34. The van der Waals surface area contributed by atoms with Crippen molar-refractivity contribution in [1.29, 1.82) is 0 Å². The van der Waals surface area contributed by atoms with Gasteiger partial charge in [-0.3, -0.25) is 4.79 Å². The van der Waals surface area contributed by atoms with Crippen molar-refractivity contribution in [3.05, 3.63) is 34.2 Å². The zero-order valence-electron chi connectivity index (χ0n) is 11.3. The minimum atomic E-state index is 0.0824. The lowest BCUT2D eigenvalue weighted by atomic mass is 9.83. The summed E-state index contributed by atoms with van der Waals surface area (Å²) in [6.45, 7) is 3.08. The fraction of sp³-hybridized carbons (Fsp3) is 0.571. The first kappa shape index (κ1) is 13.6. The monoisotopic (exact) mass is 293 g/mol. The molecule has 0 spiro atoms. The molecule has 2 atom stereocenters. The van der Waals surface area contributed by atoms with Gasteiger partial charge in [0.25, 0.3) is 5.56 Å². The van der Waals surface area contributed by atoms with E-state index in [1.165, 1.54) is 0 Å². The highest BCUT2D eigenvalue weighted by Gasteiger charge is 2.35. The molecule has 1 fully saturated rings. The first-order valence-electron chi connectivity index (χ1n) is 7.02. The third-order valence-corrected chi connectivity index (χ3v) is 4.56. The molecule has 108 valence electrons. The van der Waals surface area contributed by atoms with Crippen LogP contribution in [0.5, 0.6) is 0 Å². The number of nitrogens with zero attached hydrogens (tertiary/aromatic N) is 2. The van der Waals surface area contributed by atoms with Crippen LogP contribution in [0, 0.1) is 5.92 Å². The van der Waals surface area contributed by atoms with E-state index < -0.39 is 0 Å². The summed E-state index contributed by atoms with van der Waals surface area (Å²) >= 11 is 5.38. The van der Waals surface area contributed by atoms with E-state index in [9.17, 15) is 4.79 Å². The minimum absolute atomic E-state index is 0.0824. The van der Waals surface area contributed by atoms with Crippen molar-refractivity contribution < 1.29 is 5.11 Å². The van der Waals surface area contributed by atoms with Gasteiger partial charge in [0.15, 0.2) is 5.11 Å². The van der Waals surface area contributed by atoms with E-state index >= 15 is 0 Å². The highest BCUT2D eigenvalue weighted by atomic mass is 32.1. The van der Waals surface area contributed by atoms with Crippen molar-refractivity contribution in [3.63, 3.8) is 0 Å². The molecule has 0 aromatic carbocycles. The van der Waals surface area contributed by atoms with Crippen LogP contribution in [-0.4, -0.2) is 45.9 Å². The van der Waals surface area contributed by atoms with Crippen molar-refractivity contribution in [3.8, 4) is 0 Å². The van der Waals surface area contributed by atoms with Crippen LogP contribution in [0.25, 0.3) is 0 Å². The van der Waals surface area contributed by atoms with E-state index in [0.29, 0.717) is 23.5 Å². The number of fused-ring (bicyclic) bond motifs is 4. The third-order valence-electron chi connectivity index (χ3n) is 4.15. The van der Waals surface area contributed by atoms with Crippen molar-refractivity contribution in [1.82, 2.24) is 14.8 Å². The maximum atomic E-state index is 11.9. The molecule has 2 bridgehead atoms. The number of piperidine rings is 1. The summed E-state index contributed by atoms with van der Waals surface area (Å²) in [5.41, 5.74) is 1.23. The minimum Gasteiger partial charge on any atom is -0.395 e. The number of pyridine rings is 1. The van der Waals surface area contributed by atoms with Gasteiger partial charge in [0.05, 0.1) is 6.61 Å². The molecule has 1 saturated heterocycles. The fourth-order valence-corrected chi connectivity index (χ4v) is 3.59. The van der Waals surface area contributed by atoms with Gasteiger partial charge in [0.1, 0.15) is 0 Å². The normalized spacial score (nSPS) is 24.1. The summed E-state index contributed by atoms with van der Waals surface area (Å²) < 4.78 is 1.92. The number of hydrogen-bond acceptors (Lipinski definition) is 3. The Morgan fingerprint density at radius 2 is 2.25 bits per heavy atom. The van der Waals surface area contributed by atoms with E-state index in [4.69, 9.17) is 17.3 Å². The van der Waals surface area contributed by atoms with Gasteiger partial charge in [-0.1, -0.05) is 6.07 Å². The van der Waals surface area contributed by atoms with Crippen LogP contribution in [0.2, 0.25) is 0 Å². The number of thiocarbonyl (C=S) groups is 1. The van der Waals surface area contributed by atoms with Crippen LogP contribution < -0.4 is 10.9 Å². The first-order valence-corrected chi connectivity index (χ1v) is 7.43. The Balaban J connectivity index is 1.80. The lowest BCUT2D eigenvalue weighted by molar-refractivity contribution is 0.176. The SMILES string of the molecule is O=c1cccc2n1C[C@H]1C[C@H]2CN(C(=S)NCCO)C1. The number of rotatable bonds is 2. The Hall–Kier alpha value is -1.40. The van der Waals surface area contributed by atoms with Gasteiger partial charge >= 0.3 is 0 Å². The second-order valence-corrected chi connectivity index (χ2v) is 5.95. The van der Waals surface area contributed by atoms with Gasteiger partial charge in [-0.05, 0) is 30.6 Å². The molecule has 1 aromatic heterocycles. The Labute approximate surface area is 123 Å². The number of aliphatic hydroxyl groups is 1. The molecule has 2 aliphatic heterocycles. The lowest BCUT2D eigenvalue weighted by Crippen LogP contribution is -2.52. The van der Waals surface area contributed by atoms with Crippen LogP contribution >= 0.6 is 12.2 Å². The standard InChI is InChI=1S/C14H19N3O2S/c18-5-4-15-14(20)16-7-10-6-11(9-16)12-2-1-3-13(19)17(12)8-10/h1-3,10-11,18H,4-9H2,(H,15,20)/t10-,11-/m0/s1. The van der Waals surface area contributed by atoms with Gasteiger partial charge in [-0.2, -0.15) is 0 Å². The number of nitrogens with one attached hydrogen (secondary N) is 1. The van der Waals surface area contributed by atoms with E-state index in [2.05, 4.69) is 16.3 Å². The maximum absolute atomic E-state index is 11.9. The summed E-state index contributed by atoms with van der Waals surface area (Å²) in [4.78, 5) is 14.1. The molecule has 20 heavy (non-hydrogen) atoms. The Morgan fingerprint density at radius 3 is 3.05 bits per heavy atom. The van der Waals surface area contributed by atoms with Crippen molar-refractivity contribution in [2.24, 2.45) is 5.92 Å². The Kier molecular flexibility index (Phi) is 3.76. The largest absolute Gasteiger partial charge is 0.395 e. The predicted molar refractivity (Wildman–Crippen MR) is 80.8 cm³/mol. The van der Waals surface area contributed by atoms with E-state index in [0.717, 1.165) is 31.7 Å². The molecular weight excluding hydrogens is 274 g/mol. The van der Waals surface area contributed by atoms with Gasteiger partial charge < -0.3 is 19.9 Å². The molecule has 1 aromatic rings. The molecule has 0 saturated carbocycles. The van der Waals surface area contributed by atoms with Crippen molar-refractivity contribution in [2.75, 3.05) is 26.2 Å². The predicted octanol–water partition coefficient (Wildman–Crippen LogP) is 0.134. The van der Waals surface area contributed by atoms with Crippen LogP contribution in [-0.2, 0) is 6.54 Å². The van der Waals surface area contributed by atoms with Gasteiger partial charge in [-0.25, -0.2) is 0 Å². The third kappa shape index (κ3) is 2.45. The van der Waals surface area contributed by atoms with E-state index in [1.54, 1.807) is 6.07 Å².